The van der Waals surface area contributed by atoms with Crippen LogP contribution in [0.5, 0.6) is 0 Å². The summed E-state index contributed by atoms with van der Waals surface area (Å²) in [6, 6.07) is 7.00. The predicted molar refractivity (Wildman–Crippen MR) is 100 cm³/mol. The van der Waals surface area contributed by atoms with Gasteiger partial charge in [-0.25, -0.2) is 13.1 Å². The van der Waals surface area contributed by atoms with Gasteiger partial charge in [0, 0.05) is 38.3 Å². The van der Waals surface area contributed by atoms with Crippen molar-refractivity contribution < 1.29 is 18.0 Å². The van der Waals surface area contributed by atoms with Crippen LogP contribution in [0.3, 0.4) is 0 Å². The summed E-state index contributed by atoms with van der Waals surface area (Å²) in [5, 5.41) is 2.32. The molecule has 0 atom stereocenters. The second-order valence-corrected chi connectivity index (χ2v) is 8.44. The lowest BCUT2D eigenvalue weighted by Gasteiger charge is -2.15. The molecule has 0 heterocycles. The molecule has 1 aromatic carbocycles. The number of anilines is 2. The molecule has 8 heteroatoms. The van der Waals surface area contributed by atoms with Crippen molar-refractivity contribution in [3.8, 4) is 0 Å². The summed E-state index contributed by atoms with van der Waals surface area (Å²) in [6.07, 6.45) is 1.51. The molecule has 1 rings (SSSR count). The number of unbranched alkanes of at least 4 members (excludes halogenated alkanes) is 1. The number of sulfonamides is 1. The first-order valence-corrected chi connectivity index (χ1v) is 9.81. The summed E-state index contributed by atoms with van der Waals surface area (Å²) in [4.78, 5) is 24.7. The van der Waals surface area contributed by atoms with E-state index in [0.717, 1.165) is 5.69 Å². The van der Waals surface area contributed by atoms with Crippen molar-refractivity contribution in [1.29, 1.82) is 0 Å². The third kappa shape index (κ3) is 7.23. The molecule has 0 unspecified atom stereocenters. The Balaban J connectivity index is 2.34. The zero-order valence-electron chi connectivity index (χ0n) is 15.2. The van der Waals surface area contributed by atoms with Gasteiger partial charge in [-0.2, -0.15) is 0 Å². The topological polar surface area (TPSA) is 95.6 Å². The third-order valence-electron chi connectivity index (χ3n) is 3.77. The number of rotatable bonds is 9. The highest BCUT2D eigenvalue weighted by Gasteiger charge is 2.14. The molecule has 0 aliphatic carbocycles. The lowest BCUT2D eigenvalue weighted by Crippen LogP contribution is -2.31. The van der Waals surface area contributed by atoms with Gasteiger partial charge in [0.1, 0.15) is 0 Å². The highest BCUT2D eigenvalue weighted by Crippen LogP contribution is 2.17. The van der Waals surface area contributed by atoms with E-state index in [0.29, 0.717) is 31.5 Å². The van der Waals surface area contributed by atoms with Gasteiger partial charge in [0.2, 0.25) is 21.8 Å². The van der Waals surface area contributed by atoms with Gasteiger partial charge in [0.15, 0.2) is 0 Å². The number of amides is 2. The van der Waals surface area contributed by atoms with Crippen molar-refractivity contribution >= 4 is 33.2 Å². The number of benzene rings is 1. The average molecular weight is 369 g/mol. The summed E-state index contributed by atoms with van der Waals surface area (Å²) >= 11 is 0. The monoisotopic (exact) mass is 369 g/mol. The fourth-order valence-corrected chi connectivity index (χ4v) is 2.73. The molecule has 25 heavy (non-hydrogen) atoms. The number of nitrogens with one attached hydrogen (secondary N) is 2. The minimum absolute atomic E-state index is 0.0649. The SMILES string of the molecule is CC(=O)N(C)c1ccc(NC(=O)CCCCNS(=O)(=O)C(C)C)cc1. The summed E-state index contributed by atoms with van der Waals surface area (Å²) in [7, 11) is -1.56. The largest absolute Gasteiger partial charge is 0.326 e. The Bertz CT molecular complexity index is 684. The van der Waals surface area contributed by atoms with E-state index in [9.17, 15) is 18.0 Å². The van der Waals surface area contributed by atoms with Crippen LogP contribution < -0.4 is 14.9 Å². The molecule has 2 amide bonds. The summed E-state index contributed by atoms with van der Waals surface area (Å²) < 4.78 is 25.7. The van der Waals surface area contributed by atoms with Crippen LogP contribution in [-0.4, -0.2) is 39.1 Å². The molecule has 1 aromatic rings. The van der Waals surface area contributed by atoms with Crippen molar-refractivity contribution in [2.75, 3.05) is 23.8 Å². The molecule has 0 aliphatic heterocycles. The number of nitrogens with zero attached hydrogens (tertiary/aromatic N) is 1. The third-order valence-corrected chi connectivity index (χ3v) is 5.61. The number of carbonyl (C=O) groups is 2. The molecular formula is C17H27N3O4S. The Morgan fingerprint density at radius 3 is 2.24 bits per heavy atom. The molecule has 0 aromatic heterocycles. The first-order chi connectivity index (χ1) is 11.6. The van der Waals surface area contributed by atoms with Gasteiger partial charge in [-0.05, 0) is 51.0 Å². The molecule has 0 fully saturated rings. The van der Waals surface area contributed by atoms with E-state index < -0.39 is 15.3 Å². The van der Waals surface area contributed by atoms with Crippen LogP contribution in [0.15, 0.2) is 24.3 Å². The number of carbonyl (C=O) groups excluding carboxylic acids is 2. The minimum Gasteiger partial charge on any atom is -0.326 e. The van der Waals surface area contributed by atoms with Crippen LogP contribution in [0.25, 0.3) is 0 Å². The standard InChI is InChI=1S/C17H27N3O4S/c1-13(2)25(23,24)18-12-6-5-7-17(22)19-15-8-10-16(11-9-15)20(4)14(3)21/h8-11,13,18H,5-7,12H2,1-4H3,(H,19,22). The zero-order chi connectivity index (χ0) is 19.0. The highest BCUT2D eigenvalue weighted by molar-refractivity contribution is 7.90. The highest BCUT2D eigenvalue weighted by atomic mass is 32.2. The molecule has 2 N–H and O–H groups in total. The van der Waals surface area contributed by atoms with Gasteiger partial charge in [0.05, 0.1) is 5.25 Å². The molecule has 0 bridgehead atoms. The summed E-state index contributed by atoms with van der Waals surface area (Å²) in [6.45, 7) is 5.06. The van der Waals surface area contributed by atoms with Crippen molar-refractivity contribution in [3.63, 3.8) is 0 Å². The molecule has 0 saturated heterocycles. The molecule has 0 aliphatic rings. The van der Waals surface area contributed by atoms with Gasteiger partial charge in [-0.3, -0.25) is 9.59 Å². The molecule has 0 saturated carbocycles. The first-order valence-electron chi connectivity index (χ1n) is 8.26. The van der Waals surface area contributed by atoms with Gasteiger partial charge in [-0.15, -0.1) is 0 Å². The van der Waals surface area contributed by atoms with E-state index in [1.165, 1.54) is 11.8 Å². The van der Waals surface area contributed by atoms with E-state index in [1.54, 1.807) is 45.2 Å². The fraction of sp³-hybridized carbons (Fsp3) is 0.529. The van der Waals surface area contributed by atoms with Gasteiger partial charge in [0.25, 0.3) is 0 Å². The van der Waals surface area contributed by atoms with Crippen LogP contribution in [0, 0.1) is 0 Å². The van der Waals surface area contributed by atoms with Crippen molar-refractivity contribution in [3.05, 3.63) is 24.3 Å². The molecular weight excluding hydrogens is 342 g/mol. The van der Waals surface area contributed by atoms with Crippen LogP contribution >= 0.6 is 0 Å². The Labute approximate surface area is 149 Å². The Hall–Kier alpha value is -1.93. The lowest BCUT2D eigenvalue weighted by atomic mass is 10.2. The normalized spacial score (nSPS) is 11.4. The zero-order valence-corrected chi connectivity index (χ0v) is 16.0. The number of hydrogen-bond donors (Lipinski definition) is 2. The van der Waals surface area contributed by atoms with Crippen LogP contribution in [0.2, 0.25) is 0 Å². The molecule has 0 radical (unpaired) electrons. The number of hydrogen-bond acceptors (Lipinski definition) is 4. The maximum atomic E-state index is 11.9. The predicted octanol–water partition coefficient (Wildman–Crippen LogP) is 2.11. The van der Waals surface area contributed by atoms with Gasteiger partial charge < -0.3 is 10.2 Å². The smallest absolute Gasteiger partial charge is 0.224 e. The average Bonchev–Trinajstić information content (AvgIpc) is 2.54. The fourth-order valence-electron chi connectivity index (χ4n) is 1.97. The second kappa shape index (κ2) is 9.53. The van der Waals surface area contributed by atoms with Crippen LogP contribution in [-0.2, 0) is 19.6 Å². The molecule has 140 valence electrons. The first kappa shape index (κ1) is 21.1. The van der Waals surface area contributed by atoms with Crippen LogP contribution in [0.4, 0.5) is 11.4 Å². The van der Waals surface area contributed by atoms with Crippen molar-refractivity contribution in [1.82, 2.24) is 4.72 Å². The van der Waals surface area contributed by atoms with Crippen molar-refractivity contribution in [2.24, 2.45) is 0 Å². The van der Waals surface area contributed by atoms with E-state index in [2.05, 4.69) is 10.0 Å². The molecule has 0 spiro atoms. The Kier molecular flexibility index (Phi) is 8.05. The molecule has 7 nitrogen and oxygen atoms in total. The Morgan fingerprint density at radius 2 is 1.72 bits per heavy atom. The van der Waals surface area contributed by atoms with E-state index in [-0.39, 0.29) is 11.8 Å². The van der Waals surface area contributed by atoms with Gasteiger partial charge in [-0.1, -0.05) is 0 Å². The summed E-state index contributed by atoms with van der Waals surface area (Å²) in [5.41, 5.74) is 1.41. The quantitative estimate of drug-likeness (QED) is 0.652. The Morgan fingerprint density at radius 1 is 1.12 bits per heavy atom. The minimum atomic E-state index is -3.24. The second-order valence-electron chi connectivity index (χ2n) is 6.12. The van der Waals surface area contributed by atoms with E-state index >= 15 is 0 Å². The maximum Gasteiger partial charge on any atom is 0.224 e. The van der Waals surface area contributed by atoms with E-state index in [1.807, 2.05) is 0 Å². The maximum absolute atomic E-state index is 11.9. The van der Waals surface area contributed by atoms with Gasteiger partial charge >= 0.3 is 0 Å². The lowest BCUT2D eigenvalue weighted by molar-refractivity contribution is -0.117. The van der Waals surface area contributed by atoms with E-state index in [4.69, 9.17) is 0 Å². The van der Waals surface area contributed by atoms with Crippen LogP contribution in [0.1, 0.15) is 40.0 Å². The summed E-state index contributed by atoms with van der Waals surface area (Å²) in [5.74, 6) is -0.190. The van der Waals surface area contributed by atoms with Crippen molar-refractivity contribution in [2.45, 2.75) is 45.3 Å².